The summed E-state index contributed by atoms with van der Waals surface area (Å²) in [5.41, 5.74) is 12.2. The van der Waals surface area contributed by atoms with Gasteiger partial charge in [-0.1, -0.05) is 30.3 Å². The number of hydrogen-bond acceptors (Lipinski definition) is 6. The average molecular weight is 409 g/mol. The third-order valence-electron chi connectivity index (χ3n) is 6.01. The Morgan fingerprint density at radius 2 is 1.90 bits per heavy atom. The fraction of sp³-hybridized carbons (Fsp3) is 0.250. The van der Waals surface area contributed by atoms with Gasteiger partial charge in [0.1, 0.15) is 0 Å². The summed E-state index contributed by atoms with van der Waals surface area (Å²) in [7, 11) is 0. The quantitative estimate of drug-likeness (QED) is 0.541. The number of nitrogens with zero attached hydrogens (tertiary/aromatic N) is 6. The van der Waals surface area contributed by atoms with Gasteiger partial charge in [-0.05, 0) is 48.2 Å². The van der Waals surface area contributed by atoms with Crippen molar-refractivity contribution in [2.24, 2.45) is 5.10 Å². The van der Waals surface area contributed by atoms with E-state index in [9.17, 15) is 0 Å². The maximum absolute atomic E-state index is 5.93. The van der Waals surface area contributed by atoms with Crippen molar-refractivity contribution in [1.82, 2.24) is 24.6 Å². The van der Waals surface area contributed by atoms with Gasteiger partial charge in [-0.25, -0.2) is 4.52 Å². The van der Waals surface area contributed by atoms with Crippen LogP contribution in [0.5, 0.6) is 0 Å². The molecule has 0 amide bonds. The lowest BCUT2D eigenvalue weighted by molar-refractivity contribution is 0.302. The van der Waals surface area contributed by atoms with Crippen molar-refractivity contribution in [3.63, 3.8) is 0 Å². The van der Waals surface area contributed by atoms with Gasteiger partial charge >= 0.3 is 0 Å². The van der Waals surface area contributed by atoms with Gasteiger partial charge in [0.25, 0.3) is 0 Å². The summed E-state index contributed by atoms with van der Waals surface area (Å²) in [6, 6.07) is 18.9. The van der Waals surface area contributed by atoms with E-state index in [1.54, 1.807) is 4.52 Å². The molecule has 4 heterocycles. The first-order valence-electron chi connectivity index (χ1n) is 10.7. The predicted molar refractivity (Wildman–Crippen MR) is 121 cm³/mol. The van der Waals surface area contributed by atoms with Gasteiger partial charge in [-0.15, -0.1) is 5.10 Å². The summed E-state index contributed by atoms with van der Waals surface area (Å²) in [4.78, 5) is 9.11. The normalized spacial score (nSPS) is 18.2. The summed E-state index contributed by atoms with van der Waals surface area (Å²) < 4.78 is 1.81. The highest BCUT2D eigenvalue weighted by molar-refractivity contribution is 5.73. The highest BCUT2D eigenvalue weighted by Gasteiger charge is 2.25. The van der Waals surface area contributed by atoms with E-state index < -0.39 is 0 Å². The molecule has 2 N–H and O–H groups in total. The first kappa shape index (κ1) is 18.1. The van der Waals surface area contributed by atoms with Crippen LogP contribution in [0.1, 0.15) is 41.5 Å². The zero-order chi connectivity index (χ0) is 20.8. The van der Waals surface area contributed by atoms with Crippen molar-refractivity contribution in [2.45, 2.75) is 31.2 Å². The van der Waals surface area contributed by atoms with Gasteiger partial charge in [0.05, 0.1) is 12.2 Å². The molecule has 1 aromatic carbocycles. The van der Waals surface area contributed by atoms with Crippen LogP contribution in [-0.2, 0) is 6.54 Å². The van der Waals surface area contributed by atoms with E-state index in [1.165, 1.54) is 24.1 Å². The first-order valence-corrected chi connectivity index (χ1v) is 10.7. The molecule has 7 nitrogen and oxygen atoms in total. The minimum atomic E-state index is 0.184. The molecular formula is C24H23N7. The summed E-state index contributed by atoms with van der Waals surface area (Å²) in [5.74, 6) is 1.09. The van der Waals surface area contributed by atoms with Crippen molar-refractivity contribution < 1.29 is 0 Å². The summed E-state index contributed by atoms with van der Waals surface area (Å²) in [6.45, 7) is 1.63. The topological polar surface area (TPSA) is 84.7 Å². The SMILES string of the molecule is Nc1nc2cc(C3C=NN(Cc4ccccc4)C3)cc(-c3ccc(C4CC4)nc3)n2n1. The zero-order valence-electron chi connectivity index (χ0n) is 17.1. The second kappa shape index (κ2) is 7.19. The molecule has 0 bridgehead atoms. The molecule has 2 aliphatic rings. The Kier molecular flexibility index (Phi) is 4.19. The summed E-state index contributed by atoms with van der Waals surface area (Å²) in [6.07, 6.45) is 6.44. The molecule has 0 radical (unpaired) electrons. The Hall–Kier alpha value is -3.74. The van der Waals surface area contributed by atoms with Gasteiger partial charge in [0, 0.05) is 42.0 Å². The molecule has 3 aromatic heterocycles. The fourth-order valence-corrected chi connectivity index (χ4v) is 4.21. The lowest BCUT2D eigenvalue weighted by atomic mass is 9.99. The van der Waals surface area contributed by atoms with Crippen LogP contribution in [0.2, 0.25) is 0 Å². The van der Waals surface area contributed by atoms with Gasteiger partial charge in [-0.2, -0.15) is 10.1 Å². The molecule has 1 unspecified atom stereocenters. The van der Waals surface area contributed by atoms with E-state index in [0.29, 0.717) is 5.92 Å². The van der Waals surface area contributed by atoms with Gasteiger partial charge < -0.3 is 5.73 Å². The fourth-order valence-electron chi connectivity index (χ4n) is 4.21. The molecule has 6 rings (SSSR count). The van der Waals surface area contributed by atoms with E-state index in [0.717, 1.165) is 35.6 Å². The Labute approximate surface area is 180 Å². The van der Waals surface area contributed by atoms with Crippen LogP contribution < -0.4 is 5.73 Å². The molecular weight excluding hydrogens is 386 g/mol. The van der Waals surface area contributed by atoms with Gasteiger partial charge in [-0.3, -0.25) is 9.99 Å². The molecule has 1 atom stereocenters. The molecule has 1 aliphatic heterocycles. The number of aromatic nitrogens is 4. The van der Waals surface area contributed by atoms with Crippen molar-refractivity contribution >= 4 is 17.8 Å². The van der Waals surface area contributed by atoms with Crippen LogP contribution in [0.4, 0.5) is 5.95 Å². The van der Waals surface area contributed by atoms with E-state index in [1.807, 2.05) is 18.5 Å². The standard InChI is InChI=1S/C24H23N7/c25-24-28-23-11-19(20-13-27-30(15-20)14-16-4-2-1-3-5-16)10-22(31(23)29-24)18-8-9-21(26-12-18)17-6-7-17/h1-5,8-13,17,20H,6-7,14-15H2,(H2,25,29). The number of nitrogen functional groups attached to an aromatic ring is 1. The Bertz CT molecular complexity index is 1260. The molecule has 4 aromatic rings. The average Bonchev–Trinajstić information content (AvgIpc) is 3.42. The molecule has 154 valence electrons. The third-order valence-corrected chi connectivity index (χ3v) is 6.01. The second-order valence-corrected chi connectivity index (χ2v) is 8.36. The van der Waals surface area contributed by atoms with Gasteiger partial charge in [0.15, 0.2) is 5.65 Å². The highest BCUT2D eigenvalue weighted by Crippen LogP contribution is 2.39. The number of anilines is 1. The number of benzene rings is 1. The van der Waals surface area contributed by atoms with Crippen molar-refractivity contribution in [1.29, 1.82) is 0 Å². The van der Waals surface area contributed by atoms with Gasteiger partial charge in [0.2, 0.25) is 5.95 Å². The molecule has 7 heteroatoms. The van der Waals surface area contributed by atoms with Crippen LogP contribution in [0, 0.1) is 0 Å². The molecule has 0 spiro atoms. The van der Waals surface area contributed by atoms with Crippen LogP contribution in [0.15, 0.2) is 65.9 Å². The lowest BCUT2D eigenvalue weighted by Crippen LogP contribution is -2.17. The van der Waals surface area contributed by atoms with E-state index in [-0.39, 0.29) is 11.9 Å². The number of rotatable bonds is 5. The number of fused-ring (bicyclic) bond motifs is 1. The smallest absolute Gasteiger partial charge is 0.240 e. The maximum atomic E-state index is 5.93. The number of nitrogens with two attached hydrogens (primary N) is 1. The van der Waals surface area contributed by atoms with Crippen LogP contribution in [0.3, 0.4) is 0 Å². The third kappa shape index (κ3) is 3.52. The second-order valence-electron chi connectivity index (χ2n) is 8.36. The Morgan fingerprint density at radius 3 is 2.68 bits per heavy atom. The summed E-state index contributed by atoms with van der Waals surface area (Å²) in [5, 5.41) is 11.2. The van der Waals surface area contributed by atoms with E-state index in [2.05, 4.69) is 73.7 Å². The zero-order valence-corrected chi connectivity index (χ0v) is 17.1. The van der Waals surface area contributed by atoms with Crippen molar-refractivity contribution in [3.8, 4) is 11.3 Å². The Balaban J connectivity index is 1.32. The first-order chi connectivity index (χ1) is 15.2. The minimum absolute atomic E-state index is 0.184. The Morgan fingerprint density at radius 1 is 1.03 bits per heavy atom. The van der Waals surface area contributed by atoms with Crippen LogP contribution in [-0.4, -0.2) is 37.4 Å². The highest BCUT2D eigenvalue weighted by atomic mass is 15.5. The largest absolute Gasteiger partial charge is 0.366 e. The molecule has 31 heavy (non-hydrogen) atoms. The number of hydrogen-bond donors (Lipinski definition) is 1. The van der Waals surface area contributed by atoms with E-state index in [4.69, 9.17) is 5.73 Å². The molecule has 1 fully saturated rings. The summed E-state index contributed by atoms with van der Waals surface area (Å²) >= 11 is 0. The minimum Gasteiger partial charge on any atom is -0.366 e. The number of pyridine rings is 2. The molecule has 1 aliphatic carbocycles. The lowest BCUT2D eigenvalue weighted by Gasteiger charge is -2.17. The van der Waals surface area contributed by atoms with Crippen molar-refractivity contribution in [2.75, 3.05) is 12.3 Å². The number of hydrazone groups is 1. The van der Waals surface area contributed by atoms with Crippen LogP contribution in [0.25, 0.3) is 16.9 Å². The van der Waals surface area contributed by atoms with Crippen molar-refractivity contribution in [3.05, 3.63) is 77.6 Å². The maximum Gasteiger partial charge on any atom is 0.240 e. The van der Waals surface area contributed by atoms with Crippen LogP contribution >= 0.6 is 0 Å². The molecule has 0 saturated heterocycles. The monoisotopic (exact) mass is 409 g/mol. The van der Waals surface area contributed by atoms with E-state index >= 15 is 0 Å². The predicted octanol–water partition coefficient (Wildman–Crippen LogP) is 3.84. The molecule has 1 saturated carbocycles.